The highest BCUT2D eigenvalue weighted by atomic mass is 32.1. The van der Waals surface area contributed by atoms with Gasteiger partial charge in [-0.15, -0.1) is 11.3 Å². The van der Waals surface area contributed by atoms with Crippen molar-refractivity contribution in [3.05, 3.63) is 34.0 Å². The average molecular weight is 180 g/mol. The quantitative estimate of drug-likeness (QED) is 0.654. The highest BCUT2D eigenvalue weighted by molar-refractivity contribution is 7.09. The first-order valence-electron chi connectivity index (χ1n) is 3.88. The van der Waals surface area contributed by atoms with Crippen LogP contribution in [0.15, 0.2) is 29.2 Å². The predicted molar refractivity (Wildman–Crippen MR) is 52.5 cm³/mol. The maximum Gasteiger partial charge on any atom is 0.152 e. The van der Waals surface area contributed by atoms with Crippen LogP contribution in [0.1, 0.15) is 18.7 Å². The molecule has 0 N–H and O–H groups in total. The number of hydrogen-bond donors (Lipinski definition) is 0. The van der Waals surface area contributed by atoms with E-state index in [1.54, 1.807) is 24.3 Å². The third-order valence-corrected chi connectivity index (χ3v) is 2.36. The molecule has 0 aliphatic rings. The molecule has 1 rings (SSSR count). The summed E-state index contributed by atoms with van der Waals surface area (Å²) in [5.74, 6) is 0.129. The van der Waals surface area contributed by atoms with E-state index in [2.05, 4.69) is 11.4 Å². The number of rotatable bonds is 3. The number of thiophene rings is 1. The van der Waals surface area contributed by atoms with Gasteiger partial charge in [0, 0.05) is 11.3 Å². The summed E-state index contributed by atoms with van der Waals surface area (Å²) in [5, 5.41) is 2.05. The summed E-state index contributed by atoms with van der Waals surface area (Å²) in [6.45, 7) is 3.57. The van der Waals surface area contributed by atoms with Crippen LogP contribution in [0.25, 0.3) is 0 Å². The fraction of sp³-hybridized carbons (Fsp3) is 0.300. The Hall–Kier alpha value is -0.890. The number of hydrogen-bond acceptors (Lipinski definition) is 2. The number of ketones is 1. The van der Waals surface area contributed by atoms with Gasteiger partial charge in [-0.25, -0.2) is 0 Å². The van der Waals surface area contributed by atoms with Gasteiger partial charge >= 0.3 is 0 Å². The molecule has 1 aromatic rings. The second-order valence-corrected chi connectivity index (χ2v) is 3.89. The van der Waals surface area contributed by atoms with Crippen LogP contribution in [0.2, 0.25) is 0 Å². The molecule has 0 saturated carbocycles. The Kier molecular flexibility index (Phi) is 3.23. The van der Waals surface area contributed by atoms with E-state index in [4.69, 9.17) is 0 Å². The first-order chi connectivity index (χ1) is 5.68. The molecule has 12 heavy (non-hydrogen) atoms. The Balaban J connectivity index is 2.58. The highest BCUT2D eigenvalue weighted by Gasteiger charge is 1.96. The van der Waals surface area contributed by atoms with Crippen LogP contribution in [0, 0.1) is 0 Å². The van der Waals surface area contributed by atoms with Gasteiger partial charge in [0.25, 0.3) is 0 Å². The van der Waals surface area contributed by atoms with Crippen molar-refractivity contribution in [1.82, 2.24) is 0 Å². The molecule has 1 nitrogen and oxygen atoms in total. The molecule has 0 unspecified atom stereocenters. The van der Waals surface area contributed by atoms with Gasteiger partial charge in [0.2, 0.25) is 0 Å². The zero-order valence-corrected chi connectivity index (χ0v) is 8.15. The number of carbonyl (C=O) groups excluding carboxylic acids is 1. The molecular formula is C10H12OS. The van der Waals surface area contributed by atoms with Gasteiger partial charge in [0.15, 0.2) is 5.78 Å². The maximum atomic E-state index is 10.7. The molecule has 0 fully saturated rings. The average Bonchev–Trinajstić information content (AvgIpc) is 2.37. The molecule has 0 saturated heterocycles. The summed E-state index contributed by atoms with van der Waals surface area (Å²) >= 11 is 1.73. The van der Waals surface area contributed by atoms with Gasteiger partial charge in [0.1, 0.15) is 0 Å². The highest BCUT2D eigenvalue weighted by Crippen LogP contribution is 2.13. The molecule has 0 atom stereocenters. The van der Waals surface area contributed by atoms with Gasteiger partial charge in [-0.1, -0.05) is 11.6 Å². The van der Waals surface area contributed by atoms with Crippen molar-refractivity contribution in [2.45, 2.75) is 20.3 Å². The Morgan fingerprint density at radius 3 is 2.83 bits per heavy atom. The van der Waals surface area contributed by atoms with Crippen LogP contribution >= 0.6 is 11.3 Å². The molecule has 2 heteroatoms. The summed E-state index contributed by atoms with van der Waals surface area (Å²) in [6.07, 6.45) is 2.59. The molecule has 0 aromatic carbocycles. The summed E-state index contributed by atoms with van der Waals surface area (Å²) in [6, 6.07) is 4.11. The van der Waals surface area contributed by atoms with E-state index in [1.807, 2.05) is 13.0 Å². The van der Waals surface area contributed by atoms with Crippen molar-refractivity contribution in [1.29, 1.82) is 0 Å². The third kappa shape index (κ3) is 3.01. The van der Waals surface area contributed by atoms with Crippen LogP contribution in [-0.2, 0) is 11.2 Å². The van der Waals surface area contributed by atoms with E-state index in [1.165, 1.54) is 4.88 Å². The van der Waals surface area contributed by atoms with E-state index >= 15 is 0 Å². The van der Waals surface area contributed by atoms with Crippen LogP contribution in [0.3, 0.4) is 0 Å². The summed E-state index contributed by atoms with van der Waals surface area (Å²) in [5.41, 5.74) is 1.13. The monoisotopic (exact) mass is 180 g/mol. The minimum Gasteiger partial charge on any atom is -0.295 e. The second kappa shape index (κ2) is 4.21. The number of allylic oxidation sites excluding steroid dienone is 2. The van der Waals surface area contributed by atoms with Crippen molar-refractivity contribution in [2.75, 3.05) is 0 Å². The molecule has 0 bridgehead atoms. The van der Waals surface area contributed by atoms with E-state index in [9.17, 15) is 4.79 Å². The van der Waals surface area contributed by atoms with Crippen molar-refractivity contribution >= 4 is 17.1 Å². The first-order valence-corrected chi connectivity index (χ1v) is 4.76. The Labute approximate surface area is 76.7 Å². The van der Waals surface area contributed by atoms with Crippen molar-refractivity contribution in [3.8, 4) is 0 Å². The van der Waals surface area contributed by atoms with Gasteiger partial charge in [-0.05, 0) is 31.4 Å². The van der Waals surface area contributed by atoms with Crippen molar-refractivity contribution < 1.29 is 4.79 Å². The Morgan fingerprint density at radius 1 is 1.58 bits per heavy atom. The lowest BCUT2D eigenvalue weighted by atomic mass is 10.1. The van der Waals surface area contributed by atoms with Crippen molar-refractivity contribution in [3.63, 3.8) is 0 Å². The summed E-state index contributed by atoms with van der Waals surface area (Å²) in [7, 11) is 0. The zero-order chi connectivity index (χ0) is 8.97. The van der Waals surface area contributed by atoms with Crippen molar-refractivity contribution in [2.24, 2.45) is 0 Å². The van der Waals surface area contributed by atoms with E-state index in [-0.39, 0.29) is 5.78 Å². The van der Waals surface area contributed by atoms with Crippen LogP contribution < -0.4 is 0 Å². The lowest BCUT2D eigenvalue weighted by Gasteiger charge is -1.95. The zero-order valence-electron chi connectivity index (χ0n) is 7.33. The SMILES string of the molecule is CC(=O)/C=C(/C)Cc1cccs1. The van der Waals surface area contributed by atoms with E-state index in [0.717, 1.165) is 12.0 Å². The molecular weight excluding hydrogens is 168 g/mol. The van der Waals surface area contributed by atoms with Gasteiger partial charge in [-0.3, -0.25) is 4.79 Å². The predicted octanol–water partition coefficient (Wildman–Crippen LogP) is 2.83. The summed E-state index contributed by atoms with van der Waals surface area (Å²) in [4.78, 5) is 12.0. The lowest BCUT2D eigenvalue weighted by Crippen LogP contribution is -1.88. The molecule has 1 aromatic heterocycles. The standard InChI is InChI=1S/C10H12OS/c1-8(6-9(2)11)7-10-4-3-5-12-10/h3-6H,7H2,1-2H3/b8-6-. The number of carbonyl (C=O) groups is 1. The smallest absolute Gasteiger partial charge is 0.152 e. The maximum absolute atomic E-state index is 10.7. The molecule has 0 spiro atoms. The minimum atomic E-state index is 0.129. The molecule has 0 aliphatic heterocycles. The normalized spacial score (nSPS) is 11.7. The van der Waals surface area contributed by atoms with Gasteiger partial charge in [0.05, 0.1) is 0 Å². The Morgan fingerprint density at radius 2 is 2.33 bits per heavy atom. The molecule has 0 amide bonds. The molecule has 1 heterocycles. The van der Waals surface area contributed by atoms with Gasteiger partial charge < -0.3 is 0 Å². The summed E-state index contributed by atoms with van der Waals surface area (Å²) < 4.78 is 0. The molecule has 0 aliphatic carbocycles. The second-order valence-electron chi connectivity index (χ2n) is 2.86. The van der Waals surface area contributed by atoms with Crippen LogP contribution in [-0.4, -0.2) is 5.78 Å². The molecule has 64 valence electrons. The minimum absolute atomic E-state index is 0.129. The Bertz CT molecular complexity index is 283. The van der Waals surface area contributed by atoms with Gasteiger partial charge in [-0.2, -0.15) is 0 Å². The topological polar surface area (TPSA) is 17.1 Å². The largest absolute Gasteiger partial charge is 0.295 e. The van der Waals surface area contributed by atoms with Crippen LogP contribution in [0.5, 0.6) is 0 Å². The fourth-order valence-electron chi connectivity index (χ4n) is 1.09. The molecule has 0 radical (unpaired) electrons. The van der Waals surface area contributed by atoms with E-state index in [0.29, 0.717) is 0 Å². The van der Waals surface area contributed by atoms with Crippen LogP contribution in [0.4, 0.5) is 0 Å². The third-order valence-electron chi connectivity index (χ3n) is 1.48. The first kappa shape index (κ1) is 9.20. The van der Waals surface area contributed by atoms with E-state index < -0.39 is 0 Å². The fourth-order valence-corrected chi connectivity index (χ4v) is 1.89. The lowest BCUT2D eigenvalue weighted by molar-refractivity contribution is -0.112.